The summed E-state index contributed by atoms with van der Waals surface area (Å²) in [6.07, 6.45) is 0. The summed E-state index contributed by atoms with van der Waals surface area (Å²) in [5, 5.41) is 3.05. The third-order valence-electron chi connectivity index (χ3n) is 5.47. The maximum atomic E-state index is 12.6. The van der Waals surface area contributed by atoms with E-state index in [4.69, 9.17) is 14.5 Å². The van der Waals surface area contributed by atoms with E-state index in [1.165, 1.54) is 0 Å². The number of carbonyl (C=O) groups is 1. The average Bonchev–Trinajstić information content (AvgIpc) is 3.30. The molecule has 0 spiro atoms. The van der Waals surface area contributed by atoms with E-state index in [0.29, 0.717) is 6.54 Å². The second-order valence-electron chi connectivity index (χ2n) is 7.37. The second kappa shape index (κ2) is 8.55. The van der Waals surface area contributed by atoms with Crippen LogP contribution in [-0.4, -0.2) is 61.8 Å². The molecule has 2 aliphatic rings. The lowest BCUT2D eigenvalue weighted by molar-refractivity contribution is -0.121. The summed E-state index contributed by atoms with van der Waals surface area (Å²) >= 11 is 1.62. The highest BCUT2D eigenvalue weighted by atomic mass is 32.1. The smallest absolute Gasteiger partial charge is 0.265 e. The Labute approximate surface area is 179 Å². The zero-order valence-electron chi connectivity index (χ0n) is 16.6. The van der Waals surface area contributed by atoms with Crippen LogP contribution in [0.1, 0.15) is 0 Å². The Morgan fingerprint density at radius 3 is 2.67 bits per heavy atom. The van der Waals surface area contributed by atoms with Gasteiger partial charge in [-0.1, -0.05) is 30.3 Å². The summed E-state index contributed by atoms with van der Waals surface area (Å²) in [5.41, 5.74) is 3.83. The Hall–Kier alpha value is -2.74. The van der Waals surface area contributed by atoms with Crippen molar-refractivity contribution in [3.8, 4) is 27.6 Å². The first-order valence-corrected chi connectivity index (χ1v) is 11.0. The van der Waals surface area contributed by atoms with Gasteiger partial charge in [-0.2, -0.15) is 0 Å². The average molecular weight is 422 g/mol. The SMILES string of the molecule is O=C1COc2ccc(-c3csc(-c4ccccc4)n3)cc2N1CCN1CCOCC1. The van der Waals surface area contributed by atoms with Crippen LogP contribution in [0.25, 0.3) is 21.8 Å². The Morgan fingerprint density at radius 2 is 1.83 bits per heavy atom. The molecular formula is C23H23N3O3S. The van der Waals surface area contributed by atoms with Crippen LogP contribution in [-0.2, 0) is 9.53 Å². The molecule has 1 amide bonds. The van der Waals surface area contributed by atoms with Crippen molar-refractivity contribution in [2.24, 2.45) is 0 Å². The van der Waals surface area contributed by atoms with Gasteiger partial charge in [0.2, 0.25) is 0 Å². The van der Waals surface area contributed by atoms with Gasteiger partial charge in [-0.25, -0.2) is 4.98 Å². The van der Waals surface area contributed by atoms with Gasteiger partial charge in [0.15, 0.2) is 6.61 Å². The van der Waals surface area contributed by atoms with Crippen LogP contribution in [0.4, 0.5) is 5.69 Å². The number of amides is 1. The fourth-order valence-corrected chi connectivity index (χ4v) is 4.63. The molecule has 0 atom stereocenters. The number of fused-ring (bicyclic) bond motifs is 1. The molecule has 3 aromatic rings. The van der Waals surface area contributed by atoms with E-state index < -0.39 is 0 Å². The van der Waals surface area contributed by atoms with Crippen molar-refractivity contribution in [3.05, 3.63) is 53.9 Å². The molecule has 5 rings (SSSR count). The monoisotopic (exact) mass is 421 g/mol. The largest absolute Gasteiger partial charge is 0.482 e. The molecule has 0 saturated carbocycles. The van der Waals surface area contributed by atoms with Crippen molar-refractivity contribution >= 4 is 22.9 Å². The van der Waals surface area contributed by atoms with Gasteiger partial charge in [0.1, 0.15) is 10.8 Å². The standard InChI is InChI=1S/C23H23N3O3S/c27-22-15-29-21-7-6-18(19-16-30-23(24-19)17-4-2-1-3-5-17)14-20(21)26(22)9-8-25-10-12-28-13-11-25/h1-7,14,16H,8-13,15H2. The quantitative estimate of drug-likeness (QED) is 0.631. The van der Waals surface area contributed by atoms with Gasteiger partial charge in [-0.05, 0) is 18.2 Å². The van der Waals surface area contributed by atoms with Gasteiger partial charge in [-0.15, -0.1) is 11.3 Å². The maximum absolute atomic E-state index is 12.6. The summed E-state index contributed by atoms with van der Waals surface area (Å²) in [6.45, 7) is 4.89. The zero-order valence-corrected chi connectivity index (χ0v) is 17.4. The van der Waals surface area contributed by atoms with Crippen LogP contribution < -0.4 is 9.64 Å². The second-order valence-corrected chi connectivity index (χ2v) is 8.23. The van der Waals surface area contributed by atoms with Gasteiger partial charge in [0.25, 0.3) is 5.91 Å². The lowest BCUT2D eigenvalue weighted by Gasteiger charge is -2.33. The van der Waals surface area contributed by atoms with Crippen molar-refractivity contribution in [1.29, 1.82) is 0 Å². The molecule has 2 aliphatic heterocycles. The van der Waals surface area contributed by atoms with Crippen molar-refractivity contribution in [3.63, 3.8) is 0 Å². The molecule has 0 radical (unpaired) electrons. The van der Waals surface area contributed by atoms with Crippen molar-refractivity contribution < 1.29 is 14.3 Å². The summed E-state index contributed by atoms with van der Waals surface area (Å²) in [7, 11) is 0. The van der Waals surface area contributed by atoms with E-state index in [-0.39, 0.29) is 12.5 Å². The molecule has 0 aliphatic carbocycles. The number of benzene rings is 2. The van der Waals surface area contributed by atoms with E-state index >= 15 is 0 Å². The predicted octanol–water partition coefficient (Wildman–Crippen LogP) is 3.53. The lowest BCUT2D eigenvalue weighted by atomic mass is 10.1. The van der Waals surface area contributed by atoms with Crippen LogP contribution >= 0.6 is 11.3 Å². The molecule has 0 N–H and O–H groups in total. The van der Waals surface area contributed by atoms with Gasteiger partial charge < -0.3 is 14.4 Å². The molecule has 30 heavy (non-hydrogen) atoms. The number of hydrogen-bond donors (Lipinski definition) is 0. The summed E-state index contributed by atoms with van der Waals surface area (Å²) in [5.74, 6) is 0.745. The predicted molar refractivity (Wildman–Crippen MR) is 118 cm³/mol. The number of ether oxygens (including phenoxy) is 2. The first-order chi connectivity index (χ1) is 14.8. The van der Waals surface area contributed by atoms with Gasteiger partial charge >= 0.3 is 0 Å². The minimum atomic E-state index is -0.00355. The number of morpholine rings is 1. The molecule has 1 aromatic heterocycles. The Balaban J connectivity index is 1.39. The highest BCUT2D eigenvalue weighted by Crippen LogP contribution is 2.37. The van der Waals surface area contributed by atoms with E-state index in [2.05, 4.69) is 22.4 Å². The Bertz CT molecular complexity index is 1030. The third kappa shape index (κ3) is 3.96. The van der Waals surface area contributed by atoms with E-state index in [1.54, 1.807) is 11.3 Å². The summed E-state index contributed by atoms with van der Waals surface area (Å²) in [4.78, 5) is 21.6. The fourth-order valence-electron chi connectivity index (χ4n) is 3.79. The Morgan fingerprint density at radius 1 is 1.00 bits per heavy atom. The topological polar surface area (TPSA) is 54.9 Å². The highest BCUT2D eigenvalue weighted by Gasteiger charge is 2.27. The minimum absolute atomic E-state index is 0.00355. The molecule has 154 valence electrons. The van der Waals surface area contributed by atoms with E-state index in [9.17, 15) is 4.79 Å². The van der Waals surface area contributed by atoms with Gasteiger partial charge in [0, 0.05) is 42.7 Å². The minimum Gasteiger partial charge on any atom is -0.482 e. The molecule has 2 aromatic carbocycles. The third-order valence-corrected chi connectivity index (χ3v) is 6.36. The molecule has 1 saturated heterocycles. The highest BCUT2D eigenvalue weighted by molar-refractivity contribution is 7.13. The van der Waals surface area contributed by atoms with Gasteiger partial charge in [0.05, 0.1) is 24.6 Å². The molecule has 0 unspecified atom stereocenters. The maximum Gasteiger partial charge on any atom is 0.265 e. The molecule has 7 heteroatoms. The van der Waals surface area contributed by atoms with Crippen molar-refractivity contribution in [2.45, 2.75) is 0 Å². The number of rotatable bonds is 5. The van der Waals surface area contributed by atoms with Crippen LogP contribution in [0, 0.1) is 0 Å². The number of hydrogen-bond acceptors (Lipinski definition) is 6. The first-order valence-electron chi connectivity index (χ1n) is 10.2. The summed E-state index contributed by atoms with van der Waals surface area (Å²) in [6, 6.07) is 16.2. The van der Waals surface area contributed by atoms with Crippen LogP contribution in [0.5, 0.6) is 5.75 Å². The normalized spacial score (nSPS) is 16.9. The zero-order chi connectivity index (χ0) is 20.3. The number of anilines is 1. The lowest BCUT2D eigenvalue weighted by Crippen LogP contribution is -2.45. The van der Waals surface area contributed by atoms with Crippen LogP contribution in [0.2, 0.25) is 0 Å². The van der Waals surface area contributed by atoms with Crippen LogP contribution in [0.3, 0.4) is 0 Å². The first kappa shape index (κ1) is 19.2. The Kier molecular flexibility index (Phi) is 5.48. The number of aromatic nitrogens is 1. The van der Waals surface area contributed by atoms with Gasteiger partial charge in [-0.3, -0.25) is 9.69 Å². The molecule has 6 nitrogen and oxygen atoms in total. The van der Waals surface area contributed by atoms with Crippen molar-refractivity contribution in [1.82, 2.24) is 9.88 Å². The van der Waals surface area contributed by atoms with E-state index in [0.717, 1.165) is 66.1 Å². The number of thiazole rings is 1. The van der Waals surface area contributed by atoms with Crippen LogP contribution in [0.15, 0.2) is 53.9 Å². The number of nitrogens with zero attached hydrogens (tertiary/aromatic N) is 3. The molecule has 1 fully saturated rings. The summed E-state index contributed by atoms with van der Waals surface area (Å²) < 4.78 is 11.1. The number of carbonyl (C=O) groups excluding carboxylic acids is 1. The molecular weight excluding hydrogens is 398 g/mol. The van der Waals surface area contributed by atoms with E-state index in [1.807, 2.05) is 41.3 Å². The molecule has 3 heterocycles. The van der Waals surface area contributed by atoms with Crippen molar-refractivity contribution in [2.75, 3.05) is 50.9 Å². The molecule has 0 bridgehead atoms. The fraction of sp³-hybridized carbons (Fsp3) is 0.304.